The van der Waals surface area contributed by atoms with Crippen LogP contribution in [-0.4, -0.2) is 0 Å². The third kappa shape index (κ3) is 81.4. The molecule has 0 saturated heterocycles. The highest BCUT2D eigenvalue weighted by Crippen LogP contribution is 2.15. The van der Waals surface area contributed by atoms with Crippen LogP contribution < -0.4 is 0 Å². The van der Waals surface area contributed by atoms with Crippen molar-refractivity contribution in [1.82, 2.24) is 0 Å². The van der Waals surface area contributed by atoms with Crippen molar-refractivity contribution in [2.45, 2.75) is 187 Å². The Labute approximate surface area is 205 Å². The minimum absolute atomic E-state index is 0.888. The monoisotopic (exact) mass is 447 g/mol. The van der Waals surface area contributed by atoms with Gasteiger partial charge in [0, 0.05) is 0 Å². The van der Waals surface area contributed by atoms with Gasteiger partial charge in [-0.05, 0) is 17.8 Å². The van der Waals surface area contributed by atoms with Crippen LogP contribution in [0.5, 0.6) is 0 Å². The molecule has 0 aliphatic rings. The Bertz CT molecular complexity index is 192. The number of hydrogen-bond donors (Lipinski definition) is 0. The summed E-state index contributed by atoms with van der Waals surface area (Å²) >= 11 is 0. The highest BCUT2D eigenvalue weighted by molar-refractivity contribution is 4.54. The summed E-state index contributed by atoms with van der Waals surface area (Å²) < 4.78 is 0. The van der Waals surface area contributed by atoms with Gasteiger partial charge in [0.15, 0.2) is 0 Å². The zero-order valence-corrected chi connectivity index (χ0v) is 25.9. The maximum absolute atomic E-state index is 2.37. The fourth-order valence-electron chi connectivity index (χ4n) is 2.63. The van der Waals surface area contributed by atoms with Crippen molar-refractivity contribution < 1.29 is 0 Å². The average molecular weight is 447 g/mol. The van der Waals surface area contributed by atoms with E-state index < -0.39 is 0 Å². The molecule has 0 saturated carbocycles. The summed E-state index contributed by atoms with van der Waals surface area (Å²) in [5.74, 6) is 2.81. The zero-order valence-electron chi connectivity index (χ0n) is 25.9. The number of rotatable bonds is 12. The summed E-state index contributed by atoms with van der Waals surface area (Å²) in [6.45, 7) is 32.8. The number of hydrogen-bond acceptors (Lipinski definition) is 0. The summed E-state index contributed by atoms with van der Waals surface area (Å²) in [5.41, 5.74) is 0. The zero-order chi connectivity index (χ0) is 25.9. The molecule has 0 aromatic carbocycles. The molecule has 0 fully saturated rings. The van der Waals surface area contributed by atoms with E-state index in [9.17, 15) is 0 Å². The van der Waals surface area contributed by atoms with Crippen molar-refractivity contribution in [3.63, 3.8) is 0 Å². The average Bonchev–Trinajstić information content (AvgIpc) is 2.77. The smallest absolute Gasteiger partial charge is 0.0443 e. The molecule has 0 rings (SSSR count). The molecule has 0 N–H and O–H groups in total. The summed E-state index contributed by atoms with van der Waals surface area (Å²) in [6, 6.07) is 0. The minimum atomic E-state index is 0.888. The van der Waals surface area contributed by atoms with E-state index in [1.54, 1.807) is 0 Å². The summed E-state index contributed by atoms with van der Waals surface area (Å²) in [6.07, 6.45) is 17.9. The summed E-state index contributed by atoms with van der Waals surface area (Å²) in [5, 5.41) is 0. The first-order chi connectivity index (χ1) is 14.8. The lowest BCUT2D eigenvalue weighted by molar-refractivity contribution is 0.425. The molecule has 0 nitrogen and oxygen atoms in total. The molecule has 0 aliphatic heterocycles. The lowest BCUT2D eigenvalue weighted by Crippen LogP contribution is -1.96. The predicted octanol–water partition coefficient (Wildman–Crippen LogP) is 13.1. The molecule has 0 aromatic rings. The van der Waals surface area contributed by atoms with Crippen LogP contribution in [0, 0.1) is 17.8 Å². The topological polar surface area (TPSA) is 0 Å². The van der Waals surface area contributed by atoms with Crippen LogP contribution >= 0.6 is 0 Å². The quantitative estimate of drug-likeness (QED) is 0.261. The van der Waals surface area contributed by atoms with Crippen LogP contribution in [0.25, 0.3) is 0 Å². The molecule has 0 radical (unpaired) electrons. The van der Waals surface area contributed by atoms with E-state index in [1.165, 1.54) is 83.5 Å². The molecule has 0 aromatic heterocycles. The molecule has 0 heteroatoms. The highest BCUT2D eigenvalue weighted by Gasteiger charge is 2.01. The molecular formula is C31H74. The van der Waals surface area contributed by atoms with Crippen LogP contribution in [0.15, 0.2) is 0 Å². The second-order valence-electron chi connectivity index (χ2n) is 8.96. The van der Waals surface area contributed by atoms with E-state index in [4.69, 9.17) is 0 Å². The van der Waals surface area contributed by atoms with Gasteiger partial charge < -0.3 is 0 Å². The van der Waals surface area contributed by atoms with Crippen LogP contribution in [0.3, 0.4) is 0 Å². The molecule has 0 heterocycles. The van der Waals surface area contributed by atoms with Gasteiger partial charge in [-0.1, -0.05) is 187 Å². The molecule has 0 spiro atoms. The summed E-state index contributed by atoms with van der Waals surface area (Å²) in [4.78, 5) is 0. The SMILES string of the molecule is CC.CC.CCC.CCCC.CCCC(C)CCC(C)C.CCCCCC(C)CCC. The van der Waals surface area contributed by atoms with Gasteiger partial charge in [0.05, 0.1) is 0 Å². The van der Waals surface area contributed by atoms with Crippen LogP contribution in [-0.2, 0) is 0 Å². The maximum Gasteiger partial charge on any atom is -0.0443 e. The van der Waals surface area contributed by atoms with E-state index in [0.29, 0.717) is 0 Å². The molecule has 31 heavy (non-hydrogen) atoms. The first-order valence-corrected chi connectivity index (χ1v) is 14.8. The van der Waals surface area contributed by atoms with Crippen molar-refractivity contribution in [3.8, 4) is 0 Å². The lowest BCUT2D eigenvalue weighted by Gasteiger charge is -2.10. The first kappa shape index (κ1) is 44.6. The van der Waals surface area contributed by atoms with E-state index in [0.717, 1.165) is 17.8 Å². The van der Waals surface area contributed by atoms with Gasteiger partial charge in [0.1, 0.15) is 0 Å². The number of unbranched alkanes of at least 4 members (excludes halogenated alkanes) is 3. The molecule has 0 bridgehead atoms. The predicted molar refractivity (Wildman–Crippen MR) is 156 cm³/mol. The molecule has 2 atom stereocenters. The van der Waals surface area contributed by atoms with Crippen LogP contribution in [0.4, 0.5) is 0 Å². The largest absolute Gasteiger partial charge is 0.0683 e. The van der Waals surface area contributed by atoms with E-state index in [2.05, 4.69) is 76.2 Å². The second-order valence-corrected chi connectivity index (χ2v) is 8.96. The minimum Gasteiger partial charge on any atom is -0.0683 e. The third-order valence-corrected chi connectivity index (χ3v) is 4.60. The van der Waals surface area contributed by atoms with Gasteiger partial charge in [-0.3, -0.25) is 0 Å². The van der Waals surface area contributed by atoms with Gasteiger partial charge in [-0.15, -0.1) is 0 Å². The van der Waals surface area contributed by atoms with Crippen molar-refractivity contribution in [3.05, 3.63) is 0 Å². The molecule has 198 valence electrons. The Morgan fingerprint density at radius 2 is 0.742 bits per heavy atom. The Morgan fingerprint density at radius 3 is 1.00 bits per heavy atom. The molecule has 0 amide bonds. The fraction of sp³-hybridized carbons (Fsp3) is 1.00. The normalized spacial score (nSPS) is 10.8. The first-order valence-electron chi connectivity index (χ1n) is 14.8. The Balaban J connectivity index is -0.0000000693. The van der Waals surface area contributed by atoms with Crippen molar-refractivity contribution in [2.75, 3.05) is 0 Å². The van der Waals surface area contributed by atoms with Gasteiger partial charge in [0.25, 0.3) is 0 Å². The lowest BCUT2D eigenvalue weighted by atomic mass is 9.96. The molecule has 0 aliphatic carbocycles. The standard InChI is InChI=1S/2C10H22.C4H10.C3H8.2C2H6/c1-5-6-10(4)8-7-9(2)3;1-4-6-7-9-10(3)8-5-2;1-3-4-2;1-3-2;2*1-2/h9-10H,5-8H2,1-4H3;10H,4-9H2,1-3H3;3-4H2,1-2H3;3H2,1-2H3;2*1-2H3. The van der Waals surface area contributed by atoms with E-state index in [1.807, 2.05) is 27.7 Å². The second kappa shape index (κ2) is 52.1. The fourth-order valence-corrected chi connectivity index (χ4v) is 2.63. The van der Waals surface area contributed by atoms with Crippen LogP contribution in [0.1, 0.15) is 187 Å². The Kier molecular flexibility index (Phi) is 75.1. The van der Waals surface area contributed by atoms with Gasteiger partial charge in [-0.25, -0.2) is 0 Å². The van der Waals surface area contributed by atoms with E-state index in [-0.39, 0.29) is 0 Å². The van der Waals surface area contributed by atoms with E-state index >= 15 is 0 Å². The van der Waals surface area contributed by atoms with Crippen LogP contribution in [0.2, 0.25) is 0 Å². The van der Waals surface area contributed by atoms with Crippen molar-refractivity contribution >= 4 is 0 Å². The van der Waals surface area contributed by atoms with Gasteiger partial charge in [0.2, 0.25) is 0 Å². The maximum atomic E-state index is 2.37. The van der Waals surface area contributed by atoms with Gasteiger partial charge >= 0.3 is 0 Å². The van der Waals surface area contributed by atoms with Crippen molar-refractivity contribution in [1.29, 1.82) is 0 Å². The Morgan fingerprint density at radius 1 is 0.387 bits per heavy atom. The molecular weight excluding hydrogens is 372 g/mol. The molecule has 2 unspecified atom stereocenters. The van der Waals surface area contributed by atoms with Crippen molar-refractivity contribution in [2.24, 2.45) is 17.8 Å². The van der Waals surface area contributed by atoms with Gasteiger partial charge in [-0.2, -0.15) is 0 Å². The highest BCUT2D eigenvalue weighted by atomic mass is 14.1. The summed E-state index contributed by atoms with van der Waals surface area (Å²) in [7, 11) is 0. The third-order valence-electron chi connectivity index (χ3n) is 4.60. The Hall–Kier alpha value is 0.